The number of anilines is 1. The highest BCUT2D eigenvalue weighted by atomic mass is 32.2. The van der Waals surface area contributed by atoms with Crippen LogP contribution >= 0.6 is 11.8 Å². The molecule has 1 aromatic carbocycles. The van der Waals surface area contributed by atoms with Crippen molar-refractivity contribution in [3.63, 3.8) is 0 Å². The molecule has 1 aromatic heterocycles. The highest BCUT2D eigenvalue weighted by molar-refractivity contribution is 7.99. The molecule has 1 amide bonds. The minimum absolute atomic E-state index is 0.144. The molecule has 0 saturated carbocycles. The molecule has 0 spiro atoms. The fourth-order valence-electron chi connectivity index (χ4n) is 1.92. The van der Waals surface area contributed by atoms with Gasteiger partial charge in [-0.05, 0) is 12.1 Å². The van der Waals surface area contributed by atoms with Gasteiger partial charge in [-0.3, -0.25) is 4.79 Å². The second-order valence-electron chi connectivity index (χ2n) is 4.42. The van der Waals surface area contributed by atoms with Gasteiger partial charge in [0.1, 0.15) is 0 Å². The Balaban J connectivity index is 2.05. The predicted octanol–water partition coefficient (Wildman–Crippen LogP) is 2.84. The second kappa shape index (κ2) is 8.28. The fraction of sp³-hybridized carbons (Fsp3) is 0.250. The molecule has 1 N–H and O–H groups in total. The van der Waals surface area contributed by atoms with E-state index >= 15 is 0 Å². The lowest BCUT2D eigenvalue weighted by Crippen LogP contribution is -2.14. The van der Waals surface area contributed by atoms with E-state index in [-0.39, 0.29) is 11.7 Å². The van der Waals surface area contributed by atoms with Crippen molar-refractivity contribution in [3.8, 4) is 17.2 Å². The van der Waals surface area contributed by atoms with Gasteiger partial charge in [-0.15, -0.1) is 0 Å². The van der Waals surface area contributed by atoms with Gasteiger partial charge in [-0.2, -0.15) is 0 Å². The number of carbonyl (C=O) groups excluding carboxylic acids is 1. The van der Waals surface area contributed by atoms with Gasteiger partial charge in [0, 0.05) is 24.0 Å². The smallest absolute Gasteiger partial charge is 0.234 e. The molecular formula is C16H18N2O4S. The third-order valence-corrected chi connectivity index (χ3v) is 3.88. The Kier molecular flexibility index (Phi) is 6.10. The van der Waals surface area contributed by atoms with E-state index in [1.807, 2.05) is 18.2 Å². The van der Waals surface area contributed by atoms with E-state index in [1.165, 1.54) is 33.1 Å². The Bertz CT molecular complexity index is 639. The number of amides is 1. The summed E-state index contributed by atoms with van der Waals surface area (Å²) >= 11 is 1.36. The van der Waals surface area contributed by atoms with E-state index in [4.69, 9.17) is 14.2 Å². The van der Waals surface area contributed by atoms with E-state index in [2.05, 4.69) is 10.3 Å². The monoisotopic (exact) mass is 334 g/mol. The normalized spacial score (nSPS) is 10.0. The number of hydrogen-bond donors (Lipinski definition) is 1. The van der Waals surface area contributed by atoms with Crippen molar-refractivity contribution in [2.75, 3.05) is 32.4 Å². The summed E-state index contributed by atoms with van der Waals surface area (Å²) in [7, 11) is 4.59. The fourth-order valence-corrected chi connectivity index (χ4v) is 2.58. The van der Waals surface area contributed by atoms with Gasteiger partial charge >= 0.3 is 0 Å². The summed E-state index contributed by atoms with van der Waals surface area (Å²) in [5, 5.41) is 3.61. The Hall–Kier alpha value is -2.41. The van der Waals surface area contributed by atoms with Crippen LogP contribution in [0.15, 0.2) is 41.6 Å². The van der Waals surface area contributed by atoms with Gasteiger partial charge < -0.3 is 19.5 Å². The lowest BCUT2D eigenvalue weighted by molar-refractivity contribution is -0.113. The maximum absolute atomic E-state index is 12.1. The van der Waals surface area contributed by atoms with Crippen LogP contribution in [-0.2, 0) is 4.79 Å². The summed E-state index contributed by atoms with van der Waals surface area (Å²) in [6, 6.07) is 8.94. The molecule has 2 aromatic rings. The van der Waals surface area contributed by atoms with Gasteiger partial charge in [0.15, 0.2) is 11.5 Å². The number of nitrogens with zero attached hydrogens (tertiary/aromatic N) is 1. The van der Waals surface area contributed by atoms with Crippen molar-refractivity contribution in [1.29, 1.82) is 0 Å². The number of rotatable bonds is 7. The summed E-state index contributed by atoms with van der Waals surface area (Å²) in [5.41, 5.74) is 0.575. The average Bonchev–Trinajstić information content (AvgIpc) is 2.59. The maximum atomic E-state index is 12.1. The van der Waals surface area contributed by atoms with Crippen LogP contribution in [0, 0.1) is 0 Å². The number of methoxy groups -OCH3 is 3. The Morgan fingerprint density at radius 1 is 1.13 bits per heavy atom. The first-order chi connectivity index (χ1) is 11.2. The minimum Gasteiger partial charge on any atom is -0.493 e. The molecule has 0 aliphatic carbocycles. The van der Waals surface area contributed by atoms with Crippen LogP contribution in [0.2, 0.25) is 0 Å². The van der Waals surface area contributed by atoms with Crippen molar-refractivity contribution in [3.05, 3.63) is 36.5 Å². The molecule has 0 bridgehead atoms. The topological polar surface area (TPSA) is 69.7 Å². The highest BCUT2D eigenvalue weighted by Gasteiger charge is 2.14. The Morgan fingerprint density at radius 2 is 1.83 bits per heavy atom. The Morgan fingerprint density at radius 3 is 2.35 bits per heavy atom. The number of pyridine rings is 1. The third-order valence-electron chi connectivity index (χ3n) is 2.94. The highest BCUT2D eigenvalue weighted by Crippen LogP contribution is 2.39. The number of hydrogen-bond acceptors (Lipinski definition) is 6. The second-order valence-corrected chi connectivity index (χ2v) is 5.41. The first kappa shape index (κ1) is 17.0. The number of carbonyl (C=O) groups is 1. The van der Waals surface area contributed by atoms with Crippen LogP contribution in [0.4, 0.5) is 5.69 Å². The van der Waals surface area contributed by atoms with Crippen molar-refractivity contribution < 1.29 is 19.0 Å². The van der Waals surface area contributed by atoms with Crippen LogP contribution in [0.5, 0.6) is 17.2 Å². The molecule has 0 unspecified atom stereocenters. The lowest BCUT2D eigenvalue weighted by Gasteiger charge is -2.14. The van der Waals surface area contributed by atoms with E-state index in [0.717, 1.165) is 5.03 Å². The number of aromatic nitrogens is 1. The molecule has 0 fully saturated rings. The zero-order valence-electron chi connectivity index (χ0n) is 13.2. The zero-order valence-corrected chi connectivity index (χ0v) is 14.0. The summed E-state index contributed by atoms with van der Waals surface area (Å²) in [4.78, 5) is 16.2. The Labute approximate surface area is 139 Å². The van der Waals surface area contributed by atoms with Gasteiger partial charge in [-0.25, -0.2) is 4.98 Å². The molecule has 0 aliphatic rings. The summed E-state index contributed by atoms with van der Waals surface area (Å²) in [5.74, 6) is 1.57. The molecule has 0 radical (unpaired) electrons. The lowest BCUT2D eigenvalue weighted by atomic mass is 10.2. The zero-order chi connectivity index (χ0) is 16.7. The largest absolute Gasteiger partial charge is 0.493 e. The van der Waals surface area contributed by atoms with Gasteiger partial charge in [0.2, 0.25) is 11.7 Å². The predicted molar refractivity (Wildman–Crippen MR) is 89.7 cm³/mol. The van der Waals surface area contributed by atoms with Crippen LogP contribution in [-0.4, -0.2) is 38.0 Å². The van der Waals surface area contributed by atoms with Crippen molar-refractivity contribution in [2.45, 2.75) is 5.03 Å². The minimum atomic E-state index is -0.144. The van der Waals surface area contributed by atoms with E-state index in [9.17, 15) is 4.79 Å². The average molecular weight is 334 g/mol. The van der Waals surface area contributed by atoms with E-state index < -0.39 is 0 Å². The first-order valence-corrected chi connectivity index (χ1v) is 7.80. The maximum Gasteiger partial charge on any atom is 0.234 e. The van der Waals surface area contributed by atoms with Crippen molar-refractivity contribution in [1.82, 2.24) is 4.98 Å². The molecule has 7 heteroatoms. The molecule has 0 saturated heterocycles. The molecule has 6 nitrogen and oxygen atoms in total. The van der Waals surface area contributed by atoms with Gasteiger partial charge in [0.05, 0.1) is 32.1 Å². The molecule has 2 rings (SSSR count). The number of nitrogens with one attached hydrogen (secondary N) is 1. The summed E-state index contributed by atoms with van der Waals surface area (Å²) in [6.07, 6.45) is 1.69. The summed E-state index contributed by atoms with van der Waals surface area (Å²) < 4.78 is 15.8. The molecule has 122 valence electrons. The standard InChI is InChI=1S/C16H18N2O4S/c1-20-12-8-11(9-13(21-2)16(12)22-3)18-14(19)10-23-15-6-4-5-7-17-15/h4-9H,10H2,1-3H3,(H,18,19). The van der Waals surface area contributed by atoms with Crippen LogP contribution < -0.4 is 19.5 Å². The van der Waals surface area contributed by atoms with E-state index in [1.54, 1.807) is 18.3 Å². The third kappa shape index (κ3) is 4.53. The molecular weight excluding hydrogens is 316 g/mol. The SMILES string of the molecule is COc1cc(NC(=O)CSc2ccccn2)cc(OC)c1OC. The van der Waals surface area contributed by atoms with Crippen molar-refractivity contribution in [2.24, 2.45) is 0 Å². The van der Waals surface area contributed by atoms with Gasteiger partial charge in [-0.1, -0.05) is 17.8 Å². The quantitative estimate of drug-likeness (QED) is 0.785. The molecule has 0 aliphatic heterocycles. The number of ether oxygens (including phenoxy) is 3. The van der Waals surface area contributed by atoms with Gasteiger partial charge in [0.25, 0.3) is 0 Å². The van der Waals surface area contributed by atoms with E-state index in [0.29, 0.717) is 22.9 Å². The van der Waals surface area contributed by atoms with Crippen molar-refractivity contribution >= 4 is 23.4 Å². The van der Waals surface area contributed by atoms with Crippen LogP contribution in [0.25, 0.3) is 0 Å². The summed E-state index contributed by atoms with van der Waals surface area (Å²) in [6.45, 7) is 0. The van der Waals surface area contributed by atoms with Crippen LogP contribution in [0.3, 0.4) is 0 Å². The molecule has 23 heavy (non-hydrogen) atoms. The first-order valence-electron chi connectivity index (χ1n) is 6.81. The molecule has 0 atom stereocenters. The van der Waals surface area contributed by atoms with Crippen LogP contribution in [0.1, 0.15) is 0 Å². The molecule has 1 heterocycles. The number of benzene rings is 1. The number of thioether (sulfide) groups is 1.